The van der Waals surface area contributed by atoms with Crippen LogP contribution in [0.3, 0.4) is 0 Å². The van der Waals surface area contributed by atoms with Gasteiger partial charge in [-0.25, -0.2) is 43.2 Å². The van der Waals surface area contributed by atoms with Crippen molar-refractivity contribution < 1.29 is 85.8 Å². The Labute approximate surface area is 477 Å². The second-order valence-corrected chi connectivity index (χ2v) is 25.2. The summed E-state index contributed by atoms with van der Waals surface area (Å²) in [6, 6.07) is -2.84. The van der Waals surface area contributed by atoms with E-state index in [1.165, 1.54) is 21.3 Å². The molecule has 0 aliphatic rings. The molecule has 0 bridgehead atoms. The smallest absolute Gasteiger partial charge is 0.408 e. The second kappa shape index (κ2) is 36.2. The van der Waals surface area contributed by atoms with E-state index in [0.29, 0.717) is 19.3 Å². The minimum absolute atomic E-state index is 0.128. The molecule has 456 valence electrons. The summed E-state index contributed by atoms with van der Waals surface area (Å²) in [5, 5.41) is 13.7. The molecule has 0 heterocycles. The molecule has 6 N–H and O–H groups in total. The van der Waals surface area contributed by atoms with Crippen LogP contribution in [-0.4, -0.2) is 163 Å². The average molecular weight is 1180 g/mol. The van der Waals surface area contributed by atoms with Crippen molar-refractivity contribution in [2.45, 2.75) is 231 Å². The number of amides is 6. The van der Waals surface area contributed by atoms with Crippen molar-refractivity contribution >= 4 is 89.3 Å². The van der Waals surface area contributed by atoms with Crippen LogP contribution in [0.15, 0.2) is 0 Å². The van der Waals surface area contributed by atoms with Crippen LogP contribution in [0.25, 0.3) is 0 Å². The van der Waals surface area contributed by atoms with Gasteiger partial charge in [-0.2, -0.15) is 0 Å². The summed E-state index contributed by atoms with van der Waals surface area (Å²) in [6.07, 6.45) is -2.31. The Morgan fingerprint density at radius 3 is 0.641 bits per heavy atom. The summed E-state index contributed by atoms with van der Waals surface area (Å²) < 4.78 is 44.8. The molecule has 0 aromatic rings. The monoisotopic (exact) mass is 1180 g/mol. The Kier molecular flexibility index (Phi) is 35.8. The summed E-state index contributed by atoms with van der Waals surface area (Å²) in [5.74, 6) is -1.87. The van der Waals surface area contributed by atoms with Crippen LogP contribution in [0.5, 0.6) is 0 Å². The summed E-state index contributed by atoms with van der Waals surface area (Å²) in [6.45, 7) is 32.1. The standard InChI is InChI=1S/3C17H31ClN2O6/c3*1-16(2,3)25-14(22)19-9-8-11(18)10-12(13(21)24-7)20-15(23)26-17(4,5)6/h3*11-12H,8-10H2,1-7H3,(H,19,22)(H,20,23)/t3*11-,12-/m000/s1. The molecule has 0 rings (SSSR count). The molecule has 0 saturated carbocycles. The maximum Gasteiger partial charge on any atom is 0.408 e. The molecule has 27 heteroatoms. The highest BCUT2D eigenvalue weighted by Crippen LogP contribution is 2.17. The van der Waals surface area contributed by atoms with Crippen molar-refractivity contribution in [3.05, 3.63) is 0 Å². The second-order valence-electron chi connectivity index (χ2n) is 23.3. The van der Waals surface area contributed by atoms with Crippen LogP contribution in [0.4, 0.5) is 28.8 Å². The van der Waals surface area contributed by atoms with Gasteiger partial charge in [0, 0.05) is 35.8 Å². The maximum atomic E-state index is 11.8. The number of carbonyl (C=O) groups is 9. The van der Waals surface area contributed by atoms with Gasteiger partial charge in [-0.1, -0.05) is 0 Å². The highest BCUT2D eigenvalue weighted by Gasteiger charge is 2.31. The normalized spacial score (nSPS) is 14.0. The lowest BCUT2D eigenvalue weighted by molar-refractivity contribution is -0.144. The first-order chi connectivity index (χ1) is 35.2. The zero-order valence-corrected chi connectivity index (χ0v) is 52.1. The number of rotatable bonds is 21. The van der Waals surface area contributed by atoms with E-state index in [1.807, 2.05) is 0 Å². The summed E-state index contributed by atoms with van der Waals surface area (Å²) >= 11 is 18.7. The quantitative estimate of drug-likeness (QED) is 0.0355. The highest BCUT2D eigenvalue weighted by atomic mass is 35.5. The van der Waals surface area contributed by atoms with Gasteiger partial charge in [-0.15, -0.1) is 34.8 Å². The van der Waals surface area contributed by atoms with Crippen LogP contribution < -0.4 is 31.9 Å². The fourth-order valence-corrected chi connectivity index (χ4v) is 6.34. The number of hydrogen-bond acceptors (Lipinski definition) is 18. The molecule has 6 amide bonds. The van der Waals surface area contributed by atoms with Crippen molar-refractivity contribution in [1.82, 2.24) is 31.9 Å². The first-order valence-corrected chi connectivity index (χ1v) is 26.6. The Balaban J connectivity index is -0.00000108. The van der Waals surface area contributed by atoms with Gasteiger partial charge in [0.05, 0.1) is 21.3 Å². The van der Waals surface area contributed by atoms with Gasteiger partial charge in [0.2, 0.25) is 0 Å². The maximum absolute atomic E-state index is 11.8. The molecule has 0 aromatic carbocycles. The molecule has 0 fully saturated rings. The largest absolute Gasteiger partial charge is 0.467 e. The van der Waals surface area contributed by atoms with Crippen molar-refractivity contribution in [2.75, 3.05) is 41.0 Å². The van der Waals surface area contributed by atoms with Gasteiger partial charge < -0.3 is 74.5 Å². The zero-order valence-electron chi connectivity index (χ0n) is 49.8. The first kappa shape index (κ1) is 77.1. The Hall–Kier alpha value is -5.10. The number of ether oxygens (including phenoxy) is 9. The molecule has 0 spiro atoms. The predicted octanol–water partition coefficient (Wildman–Crippen LogP) is 8.90. The van der Waals surface area contributed by atoms with E-state index in [1.54, 1.807) is 125 Å². The molecular formula is C51H93Cl3N6O18. The minimum Gasteiger partial charge on any atom is -0.467 e. The molecule has 0 aromatic heterocycles. The number of carbonyl (C=O) groups excluding carboxylic acids is 9. The lowest BCUT2D eigenvalue weighted by atomic mass is 10.1. The van der Waals surface area contributed by atoms with E-state index in [4.69, 9.17) is 63.2 Å². The number of esters is 3. The highest BCUT2D eigenvalue weighted by molar-refractivity contribution is 6.21. The lowest BCUT2D eigenvalue weighted by Gasteiger charge is -2.24. The topological polar surface area (TPSA) is 309 Å². The van der Waals surface area contributed by atoms with E-state index >= 15 is 0 Å². The van der Waals surface area contributed by atoms with Gasteiger partial charge >= 0.3 is 54.5 Å². The van der Waals surface area contributed by atoms with E-state index in [-0.39, 0.29) is 38.9 Å². The van der Waals surface area contributed by atoms with Crippen molar-refractivity contribution in [3.63, 3.8) is 0 Å². The summed E-state index contributed by atoms with van der Waals surface area (Å²) in [4.78, 5) is 106. The van der Waals surface area contributed by atoms with E-state index in [2.05, 4.69) is 46.1 Å². The summed E-state index contributed by atoms with van der Waals surface area (Å²) in [7, 11) is 3.66. The first-order valence-electron chi connectivity index (χ1n) is 25.2. The van der Waals surface area contributed by atoms with Crippen molar-refractivity contribution in [1.29, 1.82) is 0 Å². The van der Waals surface area contributed by atoms with Crippen LogP contribution in [0.2, 0.25) is 0 Å². The van der Waals surface area contributed by atoms with Crippen molar-refractivity contribution in [2.24, 2.45) is 0 Å². The molecule has 0 aliphatic carbocycles. The molecule has 24 nitrogen and oxygen atoms in total. The van der Waals surface area contributed by atoms with Gasteiger partial charge in [0.25, 0.3) is 0 Å². The van der Waals surface area contributed by atoms with Gasteiger partial charge in [-0.3, -0.25) is 0 Å². The minimum atomic E-state index is -0.945. The number of methoxy groups -OCH3 is 3. The fraction of sp³-hybridized carbons (Fsp3) is 0.824. The lowest BCUT2D eigenvalue weighted by Crippen LogP contribution is -2.45. The molecule has 0 radical (unpaired) electrons. The number of alkyl halides is 3. The van der Waals surface area contributed by atoms with Crippen LogP contribution in [0, 0.1) is 0 Å². The number of nitrogens with one attached hydrogen (secondary N) is 6. The molecule has 78 heavy (non-hydrogen) atoms. The zero-order chi connectivity index (χ0) is 61.6. The molecule has 6 atom stereocenters. The molecule has 0 unspecified atom stereocenters. The van der Waals surface area contributed by atoms with Gasteiger partial charge in [0.1, 0.15) is 51.7 Å². The Morgan fingerprint density at radius 2 is 0.487 bits per heavy atom. The number of alkyl carbamates (subject to hydrolysis) is 6. The number of hydrogen-bond donors (Lipinski definition) is 6. The average Bonchev–Trinajstić information content (AvgIpc) is 3.21. The third-order valence-electron chi connectivity index (χ3n) is 8.38. The SMILES string of the molecule is COC(=O)[C@H](C[C@@H](Cl)CCNC(=O)OC(C)(C)C)NC(=O)OC(C)(C)C.COC(=O)[C@H](C[C@@H](Cl)CCNC(=O)OC(C)(C)C)NC(=O)OC(C)(C)C.COC(=O)[C@H](C[C@@H](Cl)CCNC(=O)OC(C)(C)C)NC(=O)OC(C)(C)C. The Morgan fingerprint density at radius 1 is 0.321 bits per heavy atom. The van der Waals surface area contributed by atoms with Crippen LogP contribution in [-0.2, 0) is 57.0 Å². The van der Waals surface area contributed by atoms with Crippen LogP contribution in [0.1, 0.15) is 163 Å². The van der Waals surface area contributed by atoms with Gasteiger partial charge in [0.15, 0.2) is 0 Å². The predicted molar refractivity (Wildman–Crippen MR) is 295 cm³/mol. The molecule has 0 saturated heterocycles. The number of halogens is 3. The van der Waals surface area contributed by atoms with E-state index < -0.39 is 122 Å². The molecular weight excluding hydrogens is 1090 g/mol. The third-order valence-corrected chi connectivity index (χ3v) is 9.57. The molecule has 0 aliphatic heterocycles. The van der Waals surface area contributed by atoms with E-state index in [9.17, 15) is 43.2 Å². The third kappa shape index (κ3) is 48.1. The van der Waals surface area contributed by atoms with Crippen molar-refractivity contribution in [3.8, 4) is 0 Å². The summed E-state index contributed by atoms with van der Waals surface area (Å²) in [5.41, 5.74) is -3.83. The fourth-order valence-electron chi connectivity index (χ4n) is 5.47. The Bertz CT molecular complexity index is 1660. The van der Waals surface area contributed by atoms with Crippen LogP contribution >= 0.6 is 34.8 Å². The van der Waals surface area contributed by atoms with Gasteiger partial charge in [-0.05, 0) is 163 Å². The van der Waals surface area contributed by atoms with E-state index in [0.717, 1.165) is 0 Å².